The molecule has 24 heavy (non-hydrogen) atoms. The molecule has 1 aliphatic heterocycles. The van der Waals surface area contributed by atoms with Crippen LogP contribution in [0.15, 0.2) is 18.2 Å². The molecule has 0 aromatic heterocycles. The zero-order chi connectivity index (χ0) is 16.9. The van der Waals surface area contributed by atoms with Crippen LogP contribution in [-0.4, -0.2) is 38.3 Å². The third kappa shape index (κ3) is 4.44. The Balaban J connectivity index is 1.39. The average molecular weight is 338 g/mol. The van der Waals surface area contributed by atoms with Crippen LogP contribution in [0.5, 0.6) is 0 Å². The van der Waals surface area contributed by atoms with Crippen molar-refractivity contribution >= 4 is 11.6 Å². The standard InChI is InChI=1S/C18H24F2N2O2/c19-16-6-5-14(9-17(16)20)22-8-7-13(11-22)10-21-18(23)12-24-15-3-1-2-4-15/h5-6,9,13,15H,1-4,7-8,10-12H2,(H,21,23). The van der Waals surface area contributed by atoms with E-state index in [1.54, 1.807) is 6.07 Å². The van der Waals surface area contributed by atoms with E-state index in [-0.39, 0.29) is 18.6 Å². The molecule has 1 unspecified atom stereocenters. The molecule has 2 aliphatic rings. The van der Waals surface area contributed by atoms with Gasteiger partial charge in [0.2, 0.25) is 5.91 Å². The summed E-state index contributed by atoms with van der Waals surface area (Å²) in [5.41, 5.74) is 0.687. The van der Waals surface area contributed by atoms with E-state index in [1.807, 2.05) is 4.90 Å². The molecule has 1 aromatic carbocycles. The van der Waals surface area contributed by atoms with Gasteiger partial charge >= 0.3 is 0 Å². The molecule has 1 saturated carbocycles. The Bertz CT molecular complexity index is 576. The van der Waals surface area contributed by atoms with Crippen LogP contribution in [0.1, 0.15) is 32.1 Å². The summed E-state index contributed by atoms with van der Waals surface area (Å²) in [6.07, 6.45) is 5.65. The summed E-state index contributed by atoms with van der Waals surface area (Å²) < 4.78 is 31.9. The molecule has 4 nitrogen and oxygen atoms in total. The van der Waals surface area contributed by atoms with Crippen LogP contribution >= 0.6 is 0 Å². The topological polar surface area (TPSA) is 41.6 Å². The molecule has 132 valence electrons. The Labute approximate surface area is 141 Å². The Morgan fingerprint density at radius 1 is 1.21 bits per heavy atom. The maximum absolute atomic E-state index is 13.3. The zero-order valence-electron chi connectivity index (χ0n) is 13.8. The lowest BCUT2D eigenvalue weighted by atomic mass is 10.1. The van der Waals surface area contributed by atoms with Gasteiger partial charge in [-0.3, -0.25) is 4.79 Å². The number of nitrogens with zero attached hydrogens (tertiary/aromatic N) is 1. The molecule has 1 heterocycles. The molecule has 1 aliphatic carbocycles. The highest BCUT2D eigenvalue weighted by Gasteiger charge is 2.24. The number of ether oxygens (including phenoxy) is 1. The van der Waals surface area contributed by atoms with Crippen molar-refractivity contribution in [2.45, 2.75) is 38.2 Å². The van der Waals surface area contributed by atoms with Crippen LogP contribution in [0, 0.1) is 17.6 Å². The van der Waals surface area contributed by atoms with E-state index in [0.29, 0.717) is 18.2 Å². The van der Waals surface area contributed by atoms with Gasteiger partial charge < -0.3 is 15.0 Å². The largest absolute Gasteiger partial charge is 0.371 e. The maximum atomic E-state index is 13.3. The minimum atomic E-state index is -0.830. The number of anilines is 1. The van der Waals surface area contributed by atoms with Crippen molar-refractivity contribution in [3.63, 3.8) is 0 Å². The Morgan fingerprint density at radius 2 is 2.00 bits per heavy atom. The minimum Gasteiger partial charge on any atom is -0.371 e. The first-order valence-electron chi connectivity index (χ1n) is 8.70. The van der Waals surface area contributed by atoms with Crippen molar-refractivity contribution in [1.29, 1.82) is 0 Å². The van der Waals surface area contributed by atoms with Crippen molar-refractivity contribution in [3.05, 3.63) is 29.8 Å². The van der Waals surface area contributed by atoms with Crippen molar-refractivity contribution in [2.75, 3.05) is 31.1 Å². The van der Waals surface area contributed by atoms with E-state index in [4.69, 9.17) is 4.74 Å². The van der Waals surface area contributed by atoms with Crippen LogP contribution in [0.2, 0.25) is 0 Å². The van der Waals surface area contributed by atoms with Gasteiger partial charge in [0.25, 0.3) is 0 Å². The number of halogens is 2. The summed E-state index contributed by atoms with van der Waals surface area (Å²) >= 11 is 0. The first-order valence-corrected chi connectivity index (χ1v) is 8.70. The molecular weight excluding hydrogens is 314 g/mol. The van der Waals surface area contributed by atoms with Gasteiger partial charge in [0.1, 0.15) is 6.61 Å². The summed E-state index contributed by atoms with van der Waals surface area (Å²) in [6, 6.07) is 3.97. The summed E-state index contributed by atoms with van der Waals surface area (Å²) in [6.45, 7) is 2.23. The molecule has 6 heteroatoms. The fraction of sp³-hybridized carbons (Fsp3) is 0.611. The first kappa shape index (κ1) is 17.1. The van der Waals surface area contributed by atoms with Crippen LogP contribution in [0.25, 0.3) is 0 Å². The number of rotatable bonds is 6. The minimum absolute atomic E-state index is 0.0758. The van der Waals surface area contributed by atoms with Gasteiger partial charge in [0.15, 0.2) is 11.6 Å². The molecule has 3 rings (SSSR count). The number of carbonyl (C=O) groups is 1. The number of hydrogen-bond acceptors (Lipinski definition) is 3. The lowest BCUT2D eigenvalue weighted by molar-refractivity contribution is -0.127. The number of carbonyl (C=O) groups excluding carboxylic acids is 1. The predicted molar refractivity (Wildman–Crippen MR) is 87.9 cm³/mol. The number of benzene rings is 1. The SMILES string of the molecule is O=C(COC1CCCC1)NCC1CCN(c2ccc(F)c(F)c2)C1. The van der Waals surface area contributed by atoms with Crippen LogP contribution < -0.4 is 10.2 Å². The fourth-order valence-corrected chi connectivity index (χ4v) is 3.47. The van der Waals surface area contributed by atoms with Gasteiger partial charge in [-0.15, -0.1) is 0 Å². The molecule has 1 atom stereocenters. The third-order valence-corrected chi connectivity index (χ3v) is 4.89. The van der Waals surface area contributed by atoms with E-state index in [1.165, 1.54) is 18.9 Å². The lowest BCUT2D eigenvalue weighted by Gasteiger charge is -2.19. The van der Waals surface area contributed by atoms with Crippen molar-refractivity contribution in [2.24, 2.45) is 5.92 Å². The summed E-state index contributed by atoms with van der Waals surface area (Å²) in [7, 11) is 0. The molecule has 0 bridgehead atoms. The summed E-state index contributed by atoms with van der Waals surface area (Å²) in [5.74, 6) is -1.42. The summed E-state index contributed by atoms with van der Waals surface area (Å²) in [5, 5.41) is 2.92. The van der Waals surface area contributed by atoms with Gasteiger partial charge in [-0.1, -0.05) is 12.8 Å². The molecule has 1 N–H and O–H groups in total. The average Bonchev–Trinajstić information content (AvgIpc) is 3.25. The predicted octanol–water partition coefficient (Wildman–Crippen LogP) is 2.87. The molecule has 1 saturated heterocycles. The van der Waals surface area contributed by atoms with E-state index in [0.717, 1.165) is 38.4 Å². The Hall–Kier alpha value is -1.69. The third-order valence-electron chi connectivity index (χ3n) is 4.89. The lowest BCUT2D eigenvalue weighted by Crippen LogP contribution is -2.34. The van der Waals surface area contributed by atoms with E-state index in [2.05, 4.69) is 5.32 Å². The smallest absolute Gasteiger partial charge is 0.246 e. The normalized spacial score (nSPS) is 21.4. The van der Waals surface area contributed by atoms with Crippen LogP contribution in [0.3, 0.4) is 0 Å². The molecule has 0 radical (unpaired) electrons. The second-order valence-electron chi connectivity index (χ2n) is 6.72. The van der Waals surface area contributed by atoms with Gasteiger partial charge in [-0.25, -0.2) is 8.78 Å². The number of amides is 1. The van der Waals surface area contributed by atoms with Gasteiger partial charge in [0.05, 0.1) is 6.10 Å². The molecule has 2 fully saturated rings. The number of nitrogens with one attached hydrogen (secondary N) is 1. The highest BCUT2D eigenvalue weighted by atomic mass is 19.2. The highest BCUT2D eigenvalue weighted by molar-refractivity contribution is 5.77. The van der Waals surface area contributed by atoms with Crippen molar-refractivity contribution in [1.82, 2.24) is 5.32 Å². The fourth-order valence-electron chi connectivity index (χ4n) is 3.47. The monoisotopic (exact) mass is 338 g/mol. The van der Waals surface area contributed by atoms with Crippen molar-refractivity contribution in [3.8, 4) is 0 Å². The molecular formula is C18H24F2N2O2. The van der Waals surface area contributed by atoms with Gasteiger partial charge in [-0.05, 0) is 37.3 Å². The van der Waals surface area contributed by atoms with Gasteiger partial charge in [-0.2, -0.15) is 0 Å². The highest BCUT2D eigenvalue weighted by Crippen LogP contribution is 2.25. The maximum Gasteiger partial charge on any atom is 0.246 e. The zero-order valence-corrected chi connectivity index (χ0v) is 13.8. The Morgan fingerprint density at radius 3 is 2.75 bits per heavy atom. The van der Waals surface area contributed by atoms with Gasteiger partial charge in [0, 0.05) is 31.4 Å². The quantitative estimate of drug-likeness (QED) is 0.867. The van der Waals surface area contributed by atoms with E-state index < -0.39 is 11.6 Å². The van der Waals surface area contributed by atoms with E-state index in [9.17, 15) is 13.6 Å². The van der Waals surface area contributed by atoms with Crippen molar-refractivity contribution < 1.29 is 18.3 Å². The summed E-state index contributed by atoms with van der Waals surface area (Å²) in [4.78, 5) is 13.9. The second kappa shape index (κ2) is 7.92. The molecule has 1 amide bonds. The Kier molecular flexibility index (Phi) is 5.66. The van der Waals surface area contributed by atoms with Crippen LogP contribution in [0.4, 0.5) is 14.5 Å². The van der Waals surface area contributed by atoms with E-state index >= 15 is 0 Å². The van der Waals surface area contributed by atoms with Crippen LogP contribution in [-0.2, 0) is 9.53 Å². The number of hydrogen-bond donors (Lipinski definition) is 1. The molecule has 0 spiro atoms. The molecule has 1 aromatic rings. The first-order chi connectivity index (χ1) is 11.6. The second-order valence-corrected chi connectivity index (χ2v) is 6.72.